The number of benzene rings is 1. The predicted octanol–water partition coefficient (Wildman–Crippen LogP) is 3.58. The van der Waals surface area contributed by atoms with Crippen molar-refractivity contribution in [1.29, 1.82) is 0 Å². The van der Waals surface area contributed by atoms with Gasteiger partial charge in [-0.1, -0.05) is 18.2 Å². The van der Waals surface area contributed by atoms with Gasteiger partial charge in [0.2, 0.25) is 0 Å². The molecular weight excluding hydrogens is 281 g/mol. The van der Waals surface area contributed by atoms with Gasteiger partial charge in [0.05, 0.1) is 0 Å². The van der Waals surface area contributed by atoms with Gasteiger partial charge in [0, 0.05) is 25.0 Å². The quantitative estimate of drug-likeness (QED) is 0.915. The molecule has 0 amide bonds. The monoisotopic (exact) mass is 296 g/mol. The summed E-state index contributed by atoms with van der Waals surface area (Å²) in [5, 5.41) is 3.15. The summed E-state index contributed by atoms with van der Waals surface area (Å²) in [6, 6.07) is 9.79. The van der Waals surface area contributed by atoms with E-state index in [1.54, 1.807) is 12.3 Å². The zero-order valence-corrected chi connectivity index (χ0v) is 11.4. The van der Waals surface area contributed by atoms with E-state index in [1.807, 2.05) is 19.1 Å². The minimum absolute atomic E-state index is 0.209. The first-order valence-electron chi connectivity index (χ1n) is 6.39. The third-order valence-corrected chi connectivity index (χ3v) is 2.76. The number of aryl methyl sites for hydroxylation is 1. The molecule has 1 heterocycles. The summed E-state index contributed by atoms with van der Waals surface area (Å²) in [5.41, 5.74) is 2.68. The molecule has 0 aliphatic carbocycles. The van der Waals surface area contributed by atoms with Crippen molar-refractivity contribution in [2.75, 3.05) is 0 Å². The van der Waals surface area contributed by atoms with Crippen LogP contribution in [-0.2, 0) is 13.1 Å². The third-order valence-electron chi connectivity index (χ3n) is 2.76. The van der Waals surface area contributed by atoms with Crippen molar-refractivity contribution in [3.8, 4) is 5.75 Å². The molecule has 0 atom stereocenters. The molecule has 0 saturated heterocycles. The number of hydrogen-bond acceptors (Lipinski definition) is 3. The molecule has 0 spiro atoms. The maximum atomic E-state index is 12.1. The Labute approximate surface area is 120 Å². The third kappa shape index (κ3) is 5.43. The van der Waals surface area contributed by atoms with E-state index < -0.39 is 6.36 Å². The van der Waals surface area contributed by atoms with E-state index in [1.165, 1.54) is 18.2 Å². The molecule has 0 aliphatic heterocycles. The Morgan fingerprint density at radius 2 is 1.86 bits per heavy atom. The lowest BCUT2D eigenvalue weighted by molar-refractivity contribution is -0.274. The highest BCUT2D eigenvalue weighted by Crippen LogP contribution is 2.23. The number of aromatic nitrogens is 1. The van der Waals surface area contributed by atoms with Crippen LogP contribution in [0.15, 0.2) is 42.6 Å². The van der Waals surface area contributed by atoms with Gasteiger partial charge < -0.3 is 10.1 Å². The van der Waals surface area contributed by atoms with Crippen LogP contribution >= 0.6 is 0 Å². The first kappa shape index (κ1) is 15.3. The minimum atomic E-state index is -4.67. The summed E-state index contributed by atoms with van der Waals surface area (Å²) in [7, 11) is 0. The first-order valence-corrected chi connectivity index (χ1v) is 6.39. The Bertz CT molecular complexity index is 582. The minimum Gasteiger partial charge on any atom is -0.406 e. The van der Waals surface area contributed by atoms with Crippen molar-refractivity contribution in [2.45, 2.75) is 26.4 Å². The molecule has 21 heavy (non-hydrogen) atoms. The van der Waals surface area contributed by atoms with Crippen molar-refractivity contribution >= 4 is 0 Å². The van der Waals surface area contributed by atoms with Crippen LogP contribution in [0.3, 0.4) is 0 Å². The molecule has 0 bridgehead atoms. The fourth-order valence-electron chi connectivity index (χ4n) is 1.81. The Hall–Kier alpha value is -2.08. The molecule has 0 aliphatic rings. The summed E-state index contributed by atoms with van der Waals surface area (Å²) < 4.78 is 40.3. The second-order valence-corrected chi connectivity index (χ2v) is 4.61. The van der Waals surface area contributed by atoms with E-state index in [-0.39, 0.29) is 5.75 Å². The topological polar surface area (TPSA) is 34.1 Å². The molecule has 2 aromatic rings. The van der Waals surface area contributed by atoms with E-state index >= 15 is 0 Å². The van der Waals surface area contributed by atoms with Gasteiger partial charge >= 0.3 is 6.36 Å². The number of hydrogen-bond donors (Lipinski definition) is 1. The smallest absolute Gasteiger partial charge is 0.406 e. The van der Waals surface area contributed by atoms with Crippen molar-refractivity contribution in [2.24, 2.45) is 0 Å². The van der Waals surface area contributed by atoms with Gasteiger partial charge in [-0.2, -0.15) is 0 Å². The number of nitrogens with zero attached hydrogens (tertiary/aromatic N) is 1. The molecule has 0 unspecified atom stereocenters. The maximum Gasteiger partial charge on any atom is 0.573 e. The van der Waals surface area contributed by atoms with Crippen molar-refractivity contribution in [1.82, 2.24) is 10.3 Å². The van der Waals surface area contributed by atoms with Gasteiger partial charge in [0.1, 0.15) is 5.75 Å². The van der Waals surface area contributed by atoms with Crippen molar-refractivity contribution in [3.05, 3.63) is 59.4 Å². The van der Waals surface area contributed by atoms with E-state index in [0.29, 0.717) is 13.1 Å². The Morgan fingerprint density at radius 1 is 1.10 bits per heavy atom. The molecular formula is C15H15F3N2O. The number of halogens is 3. The SMILES string of the molecule is Cc1ccc(CNCc2cccc(OC(F)(F)F)c2)cn1. The normalized spacial score (nSPS) is 11.4. The molecule has 0 fully saturated rings. The predicted molar refractivity (Wildman–Crippen MR) is 72.6 cm³/mol. The number of alkyl halides is 3. The van der Waals surface area contributed by atoms with Crippen LogP contribution in [-0.4, -0.2) is 11.3 Å². The lowest BCUT2D eigenvalue weighted by Crippen LogP contribution is -2.17. The average Bonchev–Trinajstić information content (AvgIpc) is 2.39. The number of pyridine rings is 1. The fourth-order valence-corrected chi connectivity index (χ4v) is 1.81. The number of rotatable bonds is 5. The highest BCUT2D eigenvalue weighted by molar-refractivity contribution is 5.28. The molecule has 2 rings (SSSR count). The van der Waals surface area contributed by atoms with Crippen molar-refractivity contribution in [3.63, 3.8) is 0 Å². The van der Waals surface area contributed by atoms with Gasteiger partial charge in [-0.25, -0.2) is 0 Å². The van der Waals surface area contributed by atoms with Crippen LogP contribution < -0.4 is 10.1 Å². The highest BCUT2D eigenvalue weighted by atomic mass is 19.4. The first-order chi connectivity index (χ1) is 9.92. The van der Waals surface area contributed by atoms with Crippen LogP contribution in [0.5, 0.6) is 5.75 Å². The van der Waals surface area contributed by atoms with Crippen molar-refractivity contribution < 1.29 is 17.9 Å². The van der Waals surface area contributed by atoms with Gasteiger partial charge in [-0.15, -0.1) is 13.2 Å². The number of nitrogens with one attached hydrogen (secondary N) is 1. The standard InChI is InChI=1S/C15H15F3N2O/c1-11-5-6-13(10-20-11)9-19-8-12-3-2-4-14(7-12)21-15(16,17)18/h2-7,10,19H,8-9H2,1H3. The lowest BCUT2D eigenvalue weighted by atomic mass is 10.2. The molecule has 0 radical (unpaired) electrons. The Balaban J connectivity index is 1.88. The van der Waals surface area contributed by atoms with E-state index in [2.05, 4.69) is 15.0 Å². The van der Waals surface area contributed by atoms with E-state index in [4.69, 9.17) is 0 Å². The number of ether oxygens (including phenoxy) is 1. The van der Waals surface area contributed by atoms with Gasteiger partial charge in [0.25, 0.3) is 0 Å². The molecule has 1 aromatic carbocycles. The van der Waals surface area contributed by atoms with Crippen LogP contribution in [0.25, 0.3) is 0 Å². The average molecular weight is 296 g/mol. The summed E-state index contributed by atoms with van der Waals surface area (Å²) in [6.45, 7) is 2.95. The molecule has 6 heteroatoms. The zero-order chi connectivity index (χ0) is 15.3. The summed E-state index contributed by atoms with van der Waals surface area (Å²) in [4.78, 5) is 4.17. The van der Waals surface area contributed by atoms with Gasteiger partial charge in [0.15, 0.2) is 0 Å². The van der Waals surface area contributed by atoms with Crippen LogP contribution in [0.2, 0.25) is 0 Å². The molecule has 0 saturated carbocycles. The summed E-state index contributed by atoms with van der Waals surface area (Å²) >= 11 is 0. The zero-order valence-electron chi connectivity index (χ0n) is 11.4. The van der Waals surface area contributed by atoms with E-state index in [9.17, 15) is 13.2 Å². The Morgan fingerprint density at radius 3 is 2.52 bits per heavy atom. The van der Waals surface area contributed by atoms with Crippen LogP contribution in [0.1, 0.15) is 16.8 Å². The second kappa shape index (κ2) is 6.58. The lowest BCUT2D eigenvalue weighted by Gasteiger charge is -2.10. The summed E-state index contributed by atoms with van der Waals surface area (Å²) in [5.74, 6) is -0.209. The second-order valence-electron chi connectivity index (χ2n) is 4.61. The van der Waals surface area contributed by atoms with E-state index in [0.717, 1.165) is 16.8 Å². The summed E-state index contributed by atoms with van der Waals surface area (Å²) in [6.07, 6.45) is -2.90. The largest absolute Gasteiger partial charge is 0.573 e. The molecule has 1 aromatic heterocycles. The molecule has 3 nitrogen and oxygen atoms in total. The maximum absolute atomic E-state index is 12.1. The highest BCUT2D eigenvalue weighted by Gasteiger charge is 2.31. The van der Waals surface area contributed by atoms with Crippen LogP contribution in [0, 0.1) is 6.92 Å². The fraction of sp³-hybridized carbons (Fsp3) is 0.267. The molecule has 112 valence electrons. The van der Waals surface area contributed by atoms with Crippen LogP contribution in [0.4, 0.5) is 13.2 Å². The Kier molecular flexibility index (Phi) is 4.80. The molecule has 1 N–H and O–H groups in total. The van der Waals surface area contributed by atoms with Gasteiger partial charge in [-0.3, -0.25) is 4.98 Å². The van der Waals surface area contributed by atoms with Gasteiger partial charge in [-0.05, 0) is 36.2 Å².